The lowest BCUT2D eigenvalue weighted by Crippen LogP contribution is -2.49. The highest BCUT2D eigenvalue weighted by molar-refractivity contribution is 6.04. The highest BCUT2D eigenvalue weighted by atomic mass is 16.3. The number of hydrogen-bond donors (Lipinski definition) is 2. The minimum atomic E-state index is -0.882. The minimum Gasteiger partial charge on any atom is -0.459 e. The van der Waals surface area contributed by atoms with Crippen LogP contribution in [0.4, 0.5) is 5.69 Å². The van der Waals surface area contributed by atoms with Crippen LogP contribution in [0.1, 0.15) is 59.0 Å². The molecule has 0 radical (unpaired) electrons. The first kappa shape index (κ1) is 24.3. The van der Waals surface area contributed by atoms with Crippen molar-refractivity contribution in [3.8, 4) is 0 Å². The van der Waals surface area contributed by atoms with Gasteiger partial charge in [0.1, 0.15) is 6.04 Å². The summed E-state index contributed by atoms with van der Waals surface area (Å²) < 4.78 is 5.13. The molecule has 0 aliphatic heterocycles. The SMILES string of the molecule is Cc1ccc(N(C(=O)CNC(=O)c2ccco2)[C@@H](C(=O)NC2CCCC2)c2ccccc2)cc1C. The van der Waals surface area contributed by atoms with Crippen LogP contribution in [0, 0.1) is 13.8 Å². The Morgan fingerprint density at radius 2 is 1.71 bits per heavy atom. The number of aryl methyl sites for hydroxylation is 2. The molecule has 2 aromatic carbocycles. The maximum absolute atomic E-state index is 13.7. The maximum Gasteiger partial charge on any atom is 0.287 e. The molecule has 1 aliphatic carbocycles. The van der Waals surface area contributed by atoms with Crippen LogP contribution in [-0.4, -0.2) is 30.3 Å². The van der Waals surface area contributed by atoms with Crippen molar-refractivity contribution >= 4 is 23.4 Å². The molecule has 3 amide bonds. The summed E-state index contributed by atoms with van der Waals surface area (Å²) in [5.41, 5.74) is 3.38. The zero-order chi connectivity index (χ0) is 24.8. The molecule has 1 fully saturated rings. The highest BCUT2D eigenvalue weighted by Crippen LogP contribution is 2.30. The lowest BCUT2D eigenvalue weighted by Gasteiger charge is -2.33. The van der Waals surface area contributed by atoms with Crippen molar-refractivity contribution in [1.29, 1.82) is 0 Å². The van der Waals surface area contributed by atoms with Crippen molar-refractivity contribution in [2.75, 3.05) is 11.4 Å². The van der Waals surface area contributed by atoms with Crippen LogP contribution in [0.2, 0.25) is 0 Å². The lowest BCUT2D eigenvalue weighted by atomic mass is 10.0. The second kappa shape index (κ2) is 11.0. The van der Waals surface area contributed by atoms with Gasteiger partial charge >= 0.3 is 0 Å². The molecule has 0 bridgehead atoms. The van der Waals surface area contributed by atoms with E-state index in [0.717, 1.165) is 36.8 Å². The summed E-state index contributed by atoms with van der Waals surface area (Å²) in [5.74, 6) is -1.00. The van der Waals surface area contributed by atoms with Crippen molar-refractivity contribution in [2.24, 2.45) is 0 Å². The van der Waals surface area contributed by atoms with E-state index in [-0.39, 0.29) is 24.3 Å². The third-order valence-corrected chi connectivity index (χ3v) is 6.51. The second-order valence-electron chi connectivity index (χ2n) is 9.00. The summed E-state index contributed by atoms with van der Waals surface area (Å²) in [6, 6.07) is 17.3. The molecular formula is C28H31N3O4. The normalized spacial score (nSPS) is 14.3. The molecule has 0 spiro atoms. The van der Waals surface area contributed by atoms with E-state index in [1.807, 2.05) is 62.4 Å². The lowest BCUT2D eigenvalue weighted by molar-refractivity contribution is -0.126. The molecule has 7 heteroatoms. The zero-order valence-corrected chi connectivity index (χ0v) is 20.1. The monoisotopic (exact) mass is 473 g/mol. The zero-order valence-electron chi connectivity index (χ0n) is 20.1. The number of amides is 3. The van der Waals surface area contributed by atoms with Gasteiger partial charge in [0, 0.05) is 11.7 Å². The number of furan rings is 1. The van der Waals surface area contributed by atoms with E-state index in [1.165, 1.54) is 17.2 Å². The van der Waals surface area contributed by atoms with Gasteiger partial charge in [-0.15, -0.1) is 0 Å². The van der Waals surface area contributed by atoms with Gasteiger partial charge < -0.3 is 15.1 Å². The number of carbonyl (C=O) groups excluding carboxylic acids is 3. The molecule has 0 saturated heterocycles. The van der Waals surface area contributed by atoms with E-state index in [4.69, 9.17) is 4.42 Å². The maximum atomic E-state index is 13.7. The average molecular weight is 474 g/mol. The summed E-state index contributed by atoms with van der Waals surface area (Å²) in [6.07, 6.45) is 5.43. The van der Waals surface area contributed by atoms with Crippen molar-refractivity contribution < 1.29 is 18.8 Å². The smallest absolute Gasteiger partial charge is 0.287 e. The molecule has 1 aliphatic rings. The Bertz CT molecular complexity index is 1170. The summed E-state index contributed by atoms with van der Waals surface area (Å²) in [7, 11) is 0. The van der Waals surface area contributed by atoms with Gasteiger partial charge in [-0.1, -0.05) is 49.2 Å². The fraction of sp³-hybridized carbons (Fsp3) is 0.321. The average Bonchev–Trinajstić information content (AvgIpc) is 3.58. The predicted octanol–water partition coefficient (Wildman–Crippen LogP) is 4.46. The fourth-order valence-corrected chi connectivity index (χ4v) is 4.45. The molecule has 4 rings (SSSR count). The molecule has 182 valence electrons. The molecule has 1 atom stereocenters. The molecule has 0 unspecified atom stereocenters. The van der Waals surface area contributed by atoms with Crippen LogP contribution in [-0.2, 0) is 9.59 Å². The molecule has 2 N–H and O–H groups in total. The van der Waals surface area contributed by atoms with Crippen LogP contribution < -0.4 is 15.5 Å². The highest BCUT2D eigenvalue weighted by Gasteiger charge is 2.34. The van der Waals surface area contributed by atoms with Gasteiger partial charge in [0.2, 0.25) is 11.8 Å². The summed E-state index contributed by atoms with van der Waals surface area (Å²) in [5, 5.41) is 5.78. The number of rotatable bonds is 8. The van der Waals surface area contributed by atoms with Gasteiger partial charge in [0.05, 0.1) is 12.8 Å². The molecular weight excluding hydrogens is 442 g/mol. The summed E-state index contributed by atoms with van der Waals surface area (Å²) >= 11 is 0. The molecule has 1 heterocycles. The molecule has 3 aromatic rings. The number of hydrogen-bond acceptors (Lipinski definition) is 4. The standard InChI is InChI=1S/C28H31N3O4/c1-19-14-15-23(17-20(19)2)31(25(32)18-29-27(33)24-13-8-16-35-24)26(21-9-4-3-5-10-21)28(34)30-22-11-6-7-12-22/h3-5,8-10,13-17,22,26H,6-7,11-12,18H2,1-2H3,(H,29,33)(H,30,34)/t26-/m1/s1. The van der Waals surface area contributed by atoms with Gasteiger partial charge in [0.15, 0.2) is 5.76 Å². The minimum absolute atomic E-state index is 0.101. The fourth-order valence-electron chi connectivity index (χ4n) is 4.45. The number of nitrogens with zero attached hydrogens (tertiary/aromatic N) is 1. The first-order chi connectivity index (χ1) is 16.9. The van der Waals surface area contributed by atoms with E-state index < -0.39 is 17.9 Å². The predicted molar refractivity (Wildman–Crippen MR) is 134 cm³/mol. The number of anilines is 1. The van der Waals surface area contributed by atoms with Gasteiger partial charge in [-0.3, -0.25) is 19.3 Å². The van der Waals surface area contributed by atoms with E-state index in [0.29, 0.717) is 11.3 Å². The molecule has 35 heavy (non-hydrogen) atoms. The van der Waals surface area contributed by atoms with Crippen molar-refractivity contribution in [3.05, 3.63) is 89.4 Å². The third-order valence-electron chi connectivity index (χ3n) is 6.51. The largest absolute Gasteiger partial charge is 0.459 e. The molecule has 7 nitrogen and oxygen atoms in total. The first-order valence-corrected chi connectivity index (χ1v) is 12.0. The summed E-state index contributed by atoms with van der Waals surface area (Å²) in [4.78, 5) is 41.3. The molecule has 1 saturated carbocycles. The van der Waals surface area contributed by atoms with Gasteiger partial charge in [0.25, 0.3) is 5.91 Å². The van der Waals surface area contributed by atoms with Gasteiger partial charge in [-0.2, -0.15) is 0 Å². The van der Waals surface area contributed by atoms with Crippen molar-refractivity contribution in [1.82, 2.24) is 10.6 Å². The second-order valence-corrected chi connectivity index (χ2v) is 9.00. The van der Waals surface area contributed by atoms with Crippen LogP contribution >= 0.6 is 0 Å². The van der Waals surface area contributed by atoms with E-state index in [1.54, 1.807) is 6.07 Å². The Morgan fingerprint density at radius 1 is 0.971 bits per heavy atom. The van der Waals surface area contributed by atoms with E-state index >= 15 is 0 Å². The number of nitrogens with one attached hydrogen (secondary N) is 2. The Morgan fingerprint density at radius 3 is 2.37 bits per heavy atom. The van der Waals surface area contributed by atoms with Crippen molar-refractivity contribution in [2.45, 2.75) is 51.6 Å². The van der Waals surface area contributed by atoms with E-state index in [9.17, 15) is 14.4 Å². The van der Waals surface area contributed by atoms with Gasteiger partial charge in [-0.25, -0.2) is 0 Å². The Labute approximate surface area is 205 Å². The first-order valence-electron chi connectivity index (χ1n) is 12.0. The van der Waals surface area contributed by atoms with Crippen LogP contribution in [0.15, 0.2) is 71.3 Å². The van der Waals surface area contributed by atoms with Crippen LogP contribution in [0.5, 0.6) is 0 Å². The third kappa shape index (κ3) is 5.80. The number of benzene rings is 2. The van der Waals surface area contributed by atoms with E-state index in [2.05, 4.69) is 10.6 Å². The quantitative estimate of drug-likeness (QED) is 0.505. The Hall–Kier alpha value is -3.87. The number of carbonyl (C=O) groups is 3. The van der Waals surface area contributed by atoms with Gasteiger partial charge in [-0.05, 0) is 67.6 Å². The van der Waals surface area contributed by atoms with Crippen LogP contribution in [0.25, 0.3) is 0 Å². The summed E-state index contributed by atoms with van der Waals surface area (Å²) in [6.45, 7) is 3.68. The Balaban J connectivity index is 1.69. The molecule has 1 aromatic heterocycles. The topological polar surface area (TPSA) is 91.7 Å². The van der Waals surface area contributed by atoms with Crippen molar-refractivity contribution in [3.63, 3.8) is 0 Å². The Kier molecular flexibility index (Phi) is 7.65. The van der Waals surface area contributed by atoms with Crippen LogP contribution in [0.3, 0.4) is 0 Å².